The van der Waals surface area contributed by atoms with Crippen LogP contribution in [0, 0.1) is 13.1 Å². The maximum Gasteiger partial charge on any atom is 0.196 e. The van der Waals surface area contributed by atoms with Gasteiger partial charge in [-0.2, -0.15) is 0 Å². The zero-order valence-electron chi connectivity index (χ0n) is 19.2. The van der Waals surface area contributed by atoms with Gasteiger partial charge in [-0.15, -0.1) is 0 Å². The van der Waals surface area contributed by atoms with Gasteiger partial charge in [0.1, 0.15) is 5.65 Å². The topological polar surface area (TPSA) is 26.0 Å². The molecule has 0 radical (unpaired) electrons. The number of imidazole rings is 1. The molecule has 0 bridgehead atoms. The van der Waals surface area contributed by atoms with Crippen LogP contribution in [0.1, 0.15) is 50.7 Å². The smallest absolute Gasteiger partial charge is 0.196 e. The van der Waals surface area contributed by atoms with E-state index in [9.17, 15) is 0 Å². The van der Waals surface area contributed by atoms with Gasteiger partial charge in [-0.1, -0.05) is 76.2 Å². The molecule has 2 aromatic heterocycles. The zero-order valence-corrected chi connectivity index (χ0v) is 19.2. The third kappa shape index (κ3) is 3.07. The molecule has 0 amide bonds. The second-order valence-corrected chi connectivity index (χ2v) is 9.05. The molecule has 3 aromatic carbocycles. The van der Waals surface area contributed by atoms with Crippen molar-refractivity contribution < 1.29 is 0 Å². The fraction of sp³-hybridized carbons (Fsp3) is 0.207. The third-order valence-electron chi connectivity index (χ3n) is 6.42. The first-order valence-corrected chi connectivity index (χ1v) is 11.2. The van der Waals surface area contributed by atoms with Crippen molar-refractivity contribution >= 4 is 38.7 Å². The summed E-state index contributed by atoms with van der Waals surface area (Å²) in [6.07, 6.45) is 1.97. The predicted molar refractivity (Wildman–Crippen MR) is 136 cm³/mol. The summed E-state index contributed by atoms with van der Waals surface area (Å²) in [6.45, 7) is 24.1. The number of benzene rings is 3. The Kier molecular flexibility index (Phi) is 4.88. The van der Waals surface area contributed by atoms with Crippen molar-refractivity contribution in [3.8, 4) is 11.3 Å². The number of hydrogen-bond acceptors (Lipinski definition) is 1. The Bertz CT molecular complexity index is 1610. The monoisotopic (exact) mass is 428 g/mol. The van der Waals surface area contributed by atoms with Gasteiger partial charge in [0.2, 0.25) is 0 Å². The lowest BCUT2D eigenvalue weighted by Crippen LogP contribution is -2.02. The van der Waals surface area contributed by atoms with E-state index in [4.69, 9.17) is 18.1 Å². The van der Waals surface area contributed by atoms with Crippen LogP contribution in [0.3, 0.4) is 0 Å². The summed E-state index contributed by atoms with van der Waals surface area (Å²) in [5.74, 6) is 0.701. The lowest BCUT2D eigenvalue weighted by molar-refractivity contribution is 0.836. The molecule has 2 heterocycles. The Hall–Kier alpha value is -4.15. The van der Waals surface area contributed by atoms with Crippen LogP contribution in [0.4, 0.5) is 11.4 Å². The molecule has 160 valence electrons. The van der Waals surface area contributed by atoms with Gasteiger partial charge in [-0.05, 0) is 39.8 Å². The molecule has 0 aliphatic rings. The average Bonchev–Trinajstić information content (AvgIpc) is 3.27. The number of aromatic nitrogens is 2. The maximum absolute atomic E-state index is 7.65. The van der Waals surface area contributed by atoms with Gasteiger partial charge in [0.05, 0.1) is 25.0 Å². The van der Waals surface area contributed by atoms with Crippen molar-refractivity contribution in [2.45, 2.75) is 39.5 Å². The van der Waals surface area contributed by atoms with Crippen LogP contribution < -0.4 is 0 Å². The van der Waals surface area contributed by atoms with Crippen LogP contribution in [0.5, 0.6) is 0 Å². The first-order valence-electron chi connectivity index (χ1n) is 11.2. The van der Waals surface area contributed by atoms with Gasteiger partial charge < -0.3 is 0 Å². The van der Waals surface area contributed by atoms with E-state index >= 15 is 0 Å². The van der Waals surface area contributed by atoms with Gasteiger partial charge in [0.15, 0.2) is 11.4 Å². The highest BCUT2D eigenvalue weighted by atomic mass is 15.0. The van der Waals surface area contributed by atoms with Crippen LogP contribution in [0.25, 0.3) is 48.3 Å². The lowest BCUT2D eigenvalue weighted by Gasteiger charge is -2.20. The van der Waals surface area contributed by atoms with Gasteiger partial charge in [-0.25, -0.2) is 4.98 Å². The van der Waals surface area contributed by atoms with Crippen molar-refractivity contribution in [2.24, 2.45) is 0 Å². The second-order valence-electron chi connectivity index (χ2n) is 9.05. The Balaban J connectivity index is 2.05. The molecule has 0 fully saturated rings. The van der Waals surface area contributed by atoms with E-state index in [1.807, 2.05) is 30.5 Å². The molecule has 4 heteroatoms. The molecule has 5 rings (SSSR count). The van der Waals surface area contributed by atoms with Gasteiger partial charge >= 0.3 is 0 Å². The van der Waals surface area contributed by atoms with Crippen molar-refractivity contribution in [1.29, 1.82) is 0 Å². The van der Waals surface area contributed by atoms with Crippen molar-refractivity contribution in [1.82, 2.24) is 9.38 Å². The highest BCUT2D eigenvalue weighted by Gasteiger charge is 2.21. The Morgan fingerprint density at radius 1 is 0.758 bits per heavy atom. The molecular formula is C29H24N4. The van der Waals surface area contributed by atoms with E-state index in [-0.39, 0.29) is 0 Å². The molecule has 0 spiro atoms. The number of hydrogen-bond donors (Lipinski definition) is 0. The van der Waals surface area contributed by atoms with Crippen LogP contribution in [0.15, 0.2) is 60.8 Å². The third-order valence-corrected chi connectivity index (χ3v) is 6.42. The van der Waals surface area contributed by atoms with Gasteiger partial charge in [-0.3, -0.25) is 14.1 Å². The molecule has 0 atom stereocenters. The summed E-state index contributed by atoms with van der Waals surface area (Å²) in [5.41, 5.74) is 7.34. The average molecular weight is 429 g/mol. The highest BCUT2D eigenvalue weighted by molar-refractivity contribution is 6.14. The maximum atomic E-state index is 7.65. The summed E-state index contributed by atoms with van der Waals surface area (Å²) >= 11 is 0. The molecule has 0 aliphatic heterocycles. The molecular weight excluding hydrogens is 404 g/mol. The molecule has 5 aromatic rings. The van der Waals surface area contributed by atoms with E-state index in [0.717, 1.165) is 33.0 Å². The fourth-order valence-electron chi connectivity index (χ4n) is 4.87. The zero-order chi connectivity index (χ0) is 23.3. The fourth-order valence-corrected chi connectivity index (χ4v) is 4.87. The minimum Gasteiger partial charge on any atom is -0.293 e. The number of fused-ring (bicyclic) bond motifs is 6. The Morgan fingerprint density at radius 2 is 1.36 bits per heavy atom. The molecule has 0 saturated carbocycles. The molecule has 4 nitrogen and oxygen atoms in total. The van der Waals surface area contributed by atoms with E-state index in [1.165, 1.54) is 16.7 Å². The Morgan fingerprint density at radius 3 is 1.97 bits per heavy atom. The molecule has 0 aliphatic carbocycles. The van der Waals surface area contributed by atoms with Gasteiger partial charge in [0, 0.05) is 16.5 Å². The van der Waals surface area contributed by atoms with E-state index in [2.05, 4.69) is 72.1 Å². The quantitative estimate of drug-likeness (QED) is 0.208. The number of pyridine rings is 1. The predicted octanol–water partition coefficient (Wildman–Crippen LogP) is 8.66. The number of nitrogens with zero attached hydrogens (tertiary/aromatic N) is 4. The summed E-state index contributed by atoms with van der Waals surface area (Å²) in [4.78, 5) is 12.2. The summed E-state index contributed by atoms with van der Waals surface area (Å²) in [7, 11) is 0. The first kappa shape index (κ1) is 20.7. The molecule has 0 unspecified atom stereocenters. The first-order chi connectivity index (χ1) is 16.0. The largest absolute Gasteiger partial charge is 0.293 e. The lowest BCUT2D eigenvalue weighted by atomic mass is 9.87. The van der Waals surface area contributed by atoms with E-state index in [0.29, 0.717) is 23.2 Å². The van der Waals surface area contributed by atoms with Crippen molar-refractivity contribution in [2.75, 3.05) is 0 Å². The standard InChI is InChI=1S/C29H24N4/c1-17(2)19-12-9-13-20(18(3)4)28(19)27-16-32-29-22-11-8-7-10-21(22)23-14-24(30-5)25(31-6)15-26(23)33(27)29/h7-18H,1-4H3. The van der Waals surface area contributed by atoms with Gasteiger partial charge in [0.25, 0.3) is 0 Å². The summed E-state index contributed by atoms with van der Waals surface area (Å²) < 4.78 is 2.19. The van der Waals surface area contributed by atoms with Crippen LogP contribution in [0.2, 0.25) is 0 Å². The molecule has 0 N–H and O–H groups in total. The molecule has 0 saturated heterocycles. The van der Waals surface area contributed by atoms with Crippen LogP contribution >= 0.6 is 0 Å². The number of rotatable bonds is 3. The van der Waals surface area contributed by atoms with Crippen molar-refractivity contribution in [3.05, 3.63) is 94.8 Å². The normalized spacial score (nSPS) is 11.5. The summed E-state index contributed by atoms with van der Waals surface area (Å²) in [5, 5.41) is 3.04. The minimum absolute atomic E-state index is 0.350. The van der Waals surface area contributed by atoms with Crippen molar-refractivity contribution in [3.63, 3.8) is 0 Å². The van der Waals surface area contributed by atoms with Crippen LogP contribution in [-0.2, 0) is 0 Å². The molecule has 33 heavy (non-hydrogen) atoms. The highest BCUT2D eigenvalue weighted by Crippen LogP contribution is 2.42. The SMILES string of the molecule is [C-]#[N+]c1cc2c3ccccc3c3ncc(-c4c(C(C)C)cccc4C(C)C)n3c2cc1[N+]#[C-]. The minimum atomic E-state index is 0.350. The summed E-state index contributed by atoms with van der Waals surface area (Å²) in [6, 6.07) is 18.4. The van der Waals surface area contributed by atoms with E-state index < -0.39 is 0 Å². The Labute approximate surface area is 193 Å². The van der Waals surface area contributed by atoms with Crippen LogP contribution in [-0.4, -0.2) is 9.38 Å². The van der Waals surface area contributed by atoms with E-state index in [1.54, 1.807) is 0 Å². The second kappa shape index (κ2) is 7.76.